The molecule has 0 unspecified atom stereocenters. The summed E-state index contributed by atoms with van der Waals surface area (Å²) in [6.07, 6.45) is 3.56. The number of nitrogens with one attached hydrogen (secondary N) is 1. The van der Waals surface area contributed by atoms with Crippen LogP contribution in [0.4, 0.5) is 11.6 Å². The Morgan fingerprint density at radius 2 is 1.74 bits per heavy atom. The molecule has 0 aliphatic rings. The van der Waals surface area contributed by atoms with Crippen molar-refractivity contribution in [1.82, 2.24) is 14.4 Å². The van der Waals surface area contributed by atoms with E-state index in [0.717, 1.165) is 22.6 Å². The number of methoxy groups -OCH3 is 2. The van der Waals surface area contributed by atoms with E-state index >= 15 is 0 Å². The van der Waals surface area contributed by atoms with Crippen molar-refractivity contribution >= 4 is 17.3 Å². The highest BCUT2D eigenvalue weighted by Gasteiger charge is 2.11. The van der Waals surface area contributed by atoms with Gasteiger partial charge in [-0.3, -0.25) is 4.40 Å². The van der Waals surface area contributed by atoms with Crippen molar-refractivity contribution in [2.24, 2.45) is 0 Å². The topological polar surface area (TPSA) is 80.9 Å². The maximum absolute atomic E-state index is 9.47. The van der Waals surface area contributed by atoms with Gasteiger partial charge >= 0.3 is 0 Å². The molecule has 7 heteroatoms. The van der Waals surface area contributed by atoms with Crippen LogP contribution < -0.4 is 14.8 Å². The SMILES string of the molecule is COc1ccc(-c2cc3nccn3c(Nc3ccc(O)cc3)n2)cc1OC. The van der Waals surface area contributed by atoms with Crippen LogP contribution in [0.1, 0.15) is 0 Å². The monoisotopic (exact) mass is 362 g/mol. The highest BCUT2D eigenvalue weighted by molar-refractivity contribution is 5.70. The van der Waals surface area contributed by atoms with Gasteiger partial charge < -0.3 is 19.9 Å². The van der Waals surface area contributed by atoms with Gasteiger partial charge in [-0.05, 0) is 42.5 Å². The fourth-order valence-electron chi connectivity index (χ4n) is 2.83. The van der Waals surface area contributed by atoms with Gasteiger partial charge in [0, 0.05) is 29.7 Å². The summed E-state index contributed by atoms with van der Waals surface area (Å²) >= 11 is 0. The van der Waals surface area contributed by atoms with Crippen LogP contribution in [0.25, 0.3) is 16.9 Å². The molecule has 2 aromatic carbocycles. The molecule has 0 saturated carbocycles. The van der Waals surface area contributed by atoms with Crippen LogP contribution in [-0.2, 0) is 0 Å². The van der Waals surface area contributed by atoms with Gasteiger partial charge in [0.15, 0.2) is 11.5 Å². The van der Waals surface area contributed by atoms with Crippen LogP contribution in [-0.4, -0.2) is 33.7 Å². The highest BCUT2D eigenvalue weighted by Crippen LogP contribution is 2.32. The third kappa shape index (κ3) is 3.22. The summed E-state index contributed by atoms with van der Waals surface area (Å²) in [7, 11) is 3.21. The summed E-state index contributed by atoms with van der Waals surface area (Å²) in [5.41, 5.74) is 3.19. The fourth-order valence-corrected chi connectivity index (χ4v) is 2.83. The van der Waals surface area contributed by atoms with Crippen LogP contribution in [0.5, 0.6) is 17.2 Å². The molecule has 0 radical (unpaired) electrons. The number of nitrogens with zero attached hydrogens (tertiary/aromatic N) is 3. The molecule has 4 rings (SSSR count). The van der Waals surface area contributed by atoms with Gasteiger partial charge in [0.05, 0.1) is 19.9 Å². The predicted octanol–water partition coefficient (Wildman–Crippen LogP) is 3.86. The second-order valence-electron chi connectivity index (χ2n) is 5.86. The number of ether oxygens (including phenoxy) is 2. The second-order valence-corrected chi connectivity index (χ2v) is 5.86. The molecule has 4 aromatic rings. The molecule has 0 fully saturated rings. The first-order valence-electron chi connectivity index (χ1n) is 8.30. The van der Waals surface area contributed by atoms with Crippen molar-refractivity contribution in [3.8, 4) is 28.5 Å². The molecule has 0 aliphatic heterocycles. The number of aromatic nitrogens is 3. The lowest BCUT2D eigenvalue weighted by atomic mass is 10.1. The van der Waals surface area contributed by atoms with Gasteiger partial charge in [-0.25, -0.2) is 9.97 Å². The largest absolute Gasteiger partial charge is 0.508 e. The number of hydrogen-bond acceptors (Lipinski definition) is 6. The number of fused-ring (bicyclic) bond motifs is 1. The minimum Gasteiger partial charge on any atom is -0.508 e. The van der Waals surface area contributed by atoms with Crippen molar-refractivity contribution in [1.29, 1.82) is 0 Å². The van der Waals surface area contributed by atoms with Crippen molar-refractivity contribution in [3.63, 3.8) is 0 Å². The molecule has 2 heterocycles. The standard InChI is InChI=1S/C20H18N4O3/c1-26-17-8-3-13(11-18(17)27-2)16-12-19-21-9-10-24(19)20(23-16)22-14-4-6-15(25)7-5-14/h3-12,25H,1-2H3,(H,22,23). The summed E-state index contributed by atoms with van der Waals surface area (Å²) in [5.74, 6) is 2.11. The number of rotatable bonds is 5. The predicted molar refractivity (Wildman–Crippen MR) is 103 cm³/mol. The van der Waals surface area contributed by atoms with Crippen LogP contribution in [0.3, 0.4) is 0 Å². The van der Waals surface area contributed by atoms with Crippen LogP contribution in [0, 0.1) is 0 Å². The number of aromatic hydroxyl groups is 1. The first kappa shape index (κ1) is 16.7. The number of imidazole rings is 1. The molecular weight excluding hydrogens is 344 g/mol. The third-order valence-electron chi connectivity index (χ3n) is 4.19. The zero-order valence-electron chi connectivity index (χ0n) is 14.9. The Bertz CT molecular complexity index is 1090. The zero-order chi connectivity index (χ0) is 18.8. The number of anilines is 2. The average molecular weight is 362 g/mol. The Hall–Kier alpha value is -3.74. The van der Waals surface area contributed by atoms with Gasteiger partial charge in [-0.1, -0.05) is 0 Å². The summed E-state index contributed by atoms with van der Waals surface area (Å²) in [5, 5.41) is 12.7. The van der Waals surface area contributed by atoms with Crippen molar-refractivity contribution in [3.05, 3.63) is 60.9 Å². The van der Waals surface area contributed by atoms with E-state index in [-0.39, 0.29) is 5.75 Å². The van der Waals surface area contributed by atoms with Gasteiger partial charge in [-0.2, -0.15) is 0 Å². The number of phenols is 1. The van der Waals surface area contributed by atoms with Gasteiger partial charge in [0.2, 0.25) is 5.95 Å². The van der Waals surface area contributed by atoms with Gasteiger partial charge in [-0.15, -0.1) is 0 Å². The number of hydrogen-bond donors (Lipinski definition) is 2. The van der Waals surface area contributed by atoms with E-state index in [1.54, 1.807) is 44.7 Å². The molecule has 2 N–H and O–H groups in total. The lowest BCUT2D eigenvalue weighted by Crippen LogP contribution is -2.02. The molecular formula is C20H18N4O3. The van der Waals surface area contributed by atoms with Gasteiger partial charge in [0.25, 0.3) is 0 Å². The summed E-state index contributed by atoms with van der Waals surface area (Å²) < 4.78 is 12.6. The first-order valence-corrected chi connectivity index (χ1v) is 8.30. The van der Waals surface area contributed by atoms with Crippen molar-refractivity contribution in [2.75, 3.05) is 19.5 Å². The van der Waals surface area contributed by atoms with E-state index in [0.29, 0.717) is 17.4 Å². The second kappa shape index (κ2) is 6.87. The van der Waals surface area contributed by atoms with Crippen LogP contribution in [0.2, 0.25) is 0 Å². The highest BCUT2D eigenvalue weighted by atomic mass is 16.5. The smallest absolute Gasteiger partial charge is 0.213 e. The fraction of sp³-hybridized carbons (Fsp3) is 0.100. The summed E-state index contributed by atoms with van der Waals surface area (Å²) in [6, 6.07) is 14.4. The molecule has 0 bridgehead atoms. The lowest BCUT2D eigenvalue weighted by molar-refractivity contribution is 0.355. The van der Waals surface area contributed by atoms with E-state index in [2.05, 4.69) is 10.3 Å². The first-order chi connectivity index (χ1) is 13.2. The third-order valence-corrected chi connectivity index (χ3v) is 4.19. The lowest BCUT2D eigenvalue weighted by Gasteiger charge is -2.12. The van der Waals surface area contributed by atoms with Crippen LogP contribution >= 0.6 is 0 Å². The van der Waals surface area contributed by atoms with E-state index in [1.807, 2.05) is 34.9 Å². The summed E-state index contributed by atoms with van der Waals surface area (Å²) in [4.78, 5) is 9.13. The molecule has 0 atom stereocenters. The number of phenolic OH excluding ortho intramolecular Hbond substituents is 1. The summed E-state index contributed by atoms with van der Waals surface area (Å²) in [6.45, 7) is 0. The Kier molecular flexibility index (Phi) is 4.25. The molecule has 2 aromatic heterocycles. The molecule has 0 spiro atoms. The van der Waals surface area contributed by atoms with E-state index in [1.165, 1.54) is 0 Å². The zero-order valence-corrected chi connectivity index (χ0v) is 14.9. The average Bonchev–Trinajstić information content (AvgIpc) is 3.18. The van der Waals surface area contributed by atoms with Gasteiger partial charge in [0.1, 0.15) is 11.4 Å². The maximum Gasteiger partial charge on any atom is 0.213 e. The Morgan fingerprint density at radius 1 is 0.963 bits per heavy atom. The Labute approximate surface area is 155 Å². The number of benzene rings is 2. The Balaban J connectivity index is 1.79. The molecule has 0 aliphatic carbocycles. The molecule has 0 saturated heterocycles. The molecule has 136 valence electrons. The molecule has 0 amide bonds. The Morgan fingerprint density at radius 3 is 2.48 bits per heavy atom. The van der Waals surface area contributed by atoms with E-state index < -0.39 is 0 Å². The quantitative estimate of drug-likeness (QED) is 0.525. The normalized spacial score (nSPS) is 10.7. The minimum absolute atomic E-state index is 0.209. The van der Waals surface area contributed by atoms with Crippen LogP contribution in [0.15, 0.2) is 60.9 Å². The minimum atomic E-state index is 0.209. The van der Waals surface area contributed by atoms with Crippen molar-refractivity contribution < 1.29 is 14.6 Å². The van der Waals surface area contributed by atoms with Crippen molar-refractivity contribution in [2.45, 2.75) is 0 Å². The maximum atomic E-state index is 9.47. The van der Waals surface area contributed by atoms with E-state index in [9.17, 15) is 5.11 Å². The van der Waals surface area contributed by atoms with E-state index in [4.69, 9.17) is 14.5 Å². The molecule has 7 nitrogen and oxygen atoms in total. The molecule has 27 heavy (non-hydrogen) atoms.